The van der Waals surface area contributed by atoms with E-state index in [1.807, 2.05) is 25.1 Å². The van der Waals surface area contributed by atoms with Gasteiger partial charge in [0.1, 0.15) is 0 Å². The largest absolute Gasteiger partial charge is 0.327 e. The number of halogens is 1. The minimum atomic E-state index is -0.176. The molecule has 0 saturated carbocycles. The molecule has 1 aliphatic rings. The first-order chi connectivity index (χ1) is 9.56. The van der Waals surface area contributed by atoms with Gasteiger partial charge in [0.15, 0.2) is 5.82 Å². The lowest BCUT2D eigenvalue weighted by atomic mass is 10.2. The average Bonchev–Trinajstić information content (AvgIpc) is 2.96. The molecule has 1 N–H and O–H groups in total. The number of aryl methyl sites for hydroxylation is 1. The SMILES string of the molecule is Cc1c(NC(=O)N2CCc3ccc(Br)cc32)nnn1C. The van der Waals surface area contributed by atoms with Crippen LogP contribution in [0.25, 0.3) is 0 Å². The third-order valence-electron chi connectivity index (χ3n) is 3.52. The molecule has 0 atom stereocenters. The number of amides is 2. The molecule has 0 saturated heterocycles. The Morgan fingerprint density at radius 2 is 2.25 bits per heavy atom. The van der Waals surface area contributed by atoms with E-state index in [-0.39, 0.29) is 6.03 Å². The standard InChI is InChI=1S/C13H14BrN5O/c1-8-12(16-17-18(8)2)15-13(20)19-6-5-9-3-4-10(14)7-11(9)19/h3-4,7H,5-6H2,1-2H3,(H,15,20). The van der Waals surface area contributed by atoms with Crippen LogP contribution in [0, 0.1) is 6.92 Å². The molecule has 1 aromatic carbocycles. The highest BCUT2D eigenvalue weighted by atomic mass is 79.9. The van der Waals surface area contributed by atoms with Crippen molar-refractivity contribution < 1.29 is 4.79 Å². The van der Waals surface area contributed by atoms with Crippen molar-refractivity contribution in [1.29, 1.82) is 0 Å². The molecule has 104 valence electrons. The van der Waals surface area contributed by atoms with Gasteiger partial charge in [-0.2, -0.15) is 0 Å². The second-order valence-electron chi connectivity index (χ2n) is 4.75. The molecule has 0 bridgehead atoms. The number of carbonyl (C=O) groups excluding carboxylic acids is 1. The Hall–Kier alpha value is -1.89. The number of rotatable bonds is 1. The van der Waals surface area contributed by atoms with E-state index in [2.05, 4.69) is 31.6 Å². The quantitative estimate of drug-likeness (QED) is 0.870. The number of nitrogens with one attached hydrogen (secondary N) is 1. The van der Waals surface area contributed by atoms with Gasteiger partial charge < -0.3 is 0 Å². The van der Waals surface area contributed by atoms with Gasteiger partial charge in [0.2, 0.25) is 0 Å². The first-order valence-electron chi connectivity index (χ1n) is 6.29. The molecule has 0 aliphatic carbocycles. The van der Waals surface area contributed by atoms with Crippen LogP contribution in [0.3, 0.4) is 0 Å². The predicted molar refractivity (Wildman–Crippen MR) is 80.0 cm³/mol. The van der Waals surface area contributed by atoms with E-state index < -0.39 is 0 Å². The maximum atomic E-state index is 12.4. The second-order valence-corrected chi connectivity index (χ2v) is 5.67. The minimum absolute atomic E-state index is 0.176. The summed E-state index contributed by atoms with van der Waals surface area (Å²) in [5, 5.41) is 10.6. The minimum Gasteiger partial charge on any atom is -0.294 e. The number of hydrogen-bond acceptors (Lipinski definition) is 3. The zero-order valence-corrected chi connectivity index (χ0v) is 12.8. The van der Waals surface area contributed by atoms with Crippen molar-refractivity contribution in [2.45, 2.75) is 13.3 Å². The van der Waals surface area contributed by atoms with Crippen molar-refractivity contribution in [3.63, 3.8) is 0 Å². The number of benzene rings is 1. The van der Waals surface area contributed by atoms with Crippen molar-refractivity contribution in [2.24, 2.45) is 7.05 Å². The Bertz CT molecular complexity index is 681. The average molecular weight is 336 g/mol. The Balaban J connectivity index is 1.83. The highest BCUT2D eigenvalue weighted by Crippen LogP contribution is 2.31. The van der Waals surface area contributed by atoms with Crippen molar-refractivity contribution >= 4 is 33.5 Å². The lowest BCUT2D eigenvalue weighted by Gasteiger charge is -2.17. The zero-order chi connectivity index (χ0) is 14.3. The number of fused-ring (bicyclic) bond motifs is 1. The highest BCUT2D eigenvalue weighted by molar-refractivity contribution is 9.10. The van der Waals surface area contributed by atoms with Gasteiger partial charge in [-0.05, 0) is 31.0 Å². The van der Waals surface area contributed by atoms with Gasteiger partial charge in [0.25, 0.3) is 0 Å². The van der Waals surface area contributed by atoms with Crippen molar-refractivity contribution in [2.75, 3.05) is 16.8 Å². The summed E-state index contributed by atoms with van der Waals surface area (Å²) in [5.41, 5.74) is 2.95. The molecule has 3 rings (SSSR count). The number of hydrogen-bond donors (Lipinski definition) is 1. The van der Waals surface area contributed by atoms with Crippen LogP contribution in [0.1, 0.15) is 11.3 Å². The van der Waals surface area contributed by atoms with Gasteiger partial charge in [-0.3, -0.25) is 14.9 Å². The maximum Gasteiger partial charge on any atom is 0.327 e. The Morgan fingerprint density at radius 3 is 2.95 bits per heavy atom. The molecule has 1 aromatic heterocycles. The smallest absolute Gasteiger partial charge is 0.294 e. The molecule has 2 amide bonds. The van der Waals surface area contributed by atoms with Gasteiger partial charge in [0, 0.05) is 23.8 Å². The lowest BCUT2D eigenvalue weighted by molar-refractivity contribution is 0.257. The maximum absolute atomic E-state index is 12.4. The summed E-state index contributed by atoms with van der Waals surface area (Å²) in [5.74, 6) is 0.501. The summed E-state index contributed by atoms with van der Waals surface area (Å²) in [6, 6.07) is 5.82. The highest BCUT2D eigenvalue weighted by Gasteiger charge is 2.25. The molecule has 0 radical (unpaired) electrons. The molecule has 0 fully saturated rings. The predicted octanol–water partition coefficient (Wildman–Crippen LogP) is 2.48. The van der Waals surface area contributed by atoms with E-state index in [4.69, 9.17) is 0 Å². The van der Waals surface area contributed by atoms with Crippen LogP contribution in [0.15, 0.2) is 22.7 Å². The van der Waals surface area contributed by atoms with Crippen molar-refractivity contribution in [1.82, 2.24) is 15.0 Å². The summed E-state index contributed by atoms with van der Waals surface area (Å²) >= 11 is 3.44. The first kappa shape index (κ1) is 13.1. The molecule has 20 heavy (non-hydrogen) atoms. The van der Waals surface area contributed by atoms with E-state index in [1.165, 1.54) is 5.56 Å². The number of carbonyl (C=O) groups is 1. The van der Waals surface area contributed by atoms with Crippen LogP contribution in [0.4, 0.5) is 16.3 Å². The van der Waals surface area contributed by atoms with Crippen LogP contribution in [0.5, 0.6) is 0 Å². The number of anilines is 2. The van der Waals surface area contributed by atoms with Crippen LogP contribution in [-0.2, 0) is 13.5 Å². The number of aromatic nitrogens is 3. The Kier molecular flexibility index (Phi) is 3.21. The van der Waals surface area contributed by atoms with Crippen LogP contribution in [-0.4, -0.2) is 27.6 Å². The number of urea groups is 1. The molecule has 2 aromatic rings. The zero-order valence-electron chi connectivity index (χ0n) is 11.2. The third-order valence-corrected chi connectivity index (χ3v) is 4.01. The monoisotopic (exact) mass is 335 g/mol. The van der Waals surface area contributed by atoms with Crippen LogP contribution < -0.4 is 10.2 Å². The molecular weight excluding hydrogens is 322 g/mol. The first-order valence-corrected chi connectivity index (χ1v) is 7.09. The molecule has 7 heteroatoms. The van der Waals surface area contributed by atoms with Crippen molar-refractivity contribution in [3.05, 3.63) is 33.9 Å². The van der Waals surface area contributed by atoms with Crippen LogP contribution in [0.2, 0.25) is 0 Å². The molecule has 6 nitrogen and oxygen atoms in total. The van der Waals surface area contributed by atoms with Crippen molar-refractivity contribution in [3.8, 4) is 0 Å². The molecule has 2 heterocycles. The Morgan fingerprint density at radius 1 is 1.45 bits per heavy atom. The van der Waals surface area contributed by atoms with E-state index in [0.29, 0.717) is 12.4 Å². The summed E-state index contributed by atoms with van der Waals surface area (Å²) in [7, 11) is 1.79. The van der Waals surface area contributed by atoms with Gasteiger partial charge in [-0.25, -0.2) is 4.79 Å². The summed E-state index contributed by atoms with van der Waals surface area (Å²) < 4.78 is 2.59. The van der Waals surface area contributed by atoms with Gasteiger partial charge in [0.05, 0.1) is 5.69 Å². The number of nitrogens with zero attached hydrogens (tertiary/aromatic N) is 4. The summed E-state index contributed by atoms with van der Waals surface area (Å²) in [6.07, 6.45) is 0.871. The fourth-order valence-corrected chi connectivity index (χ4v) is 2.60. The van der Waals surface area contributed by atoms with E-state index in [1.54, 1.807) is 16.6 Å². The fraction of sp³-hybridized carbons (Fsp3) is 0.308. The molecular formula is C13H14BrN5O. The fourth-order valence-electron chi connectivity index (χ4n) is 2.25. The lowest BCUT2D eigenvalue weighted by Crippen LogP contribution is -2.33. The topological polar surface area (TPSA) is 63.1 Å². The normalized spacial score (nSPS) is 13.4. The van der Waals surface area contributed by atoms with E-state index >= 15 is 0 Å². The van der Waals surface area contributed by atoms with Gasteiger partial charge >= 0.3 is 6.03 Å². The molecule has 0 spiro atoms. The van der Waals surface area contributed by atoms with Crippen LogP contribution >= 0.6 is 15.9 Å². The molecule has 1 aliphatic heterocycles. The van der Waals surface area contributed by atoms with E-state index in [9.17, 15) is 4.79 Å². The van der Waals surface area contributed by atoms with E-state index in [0.717, 1.165) is 22.3 Å². The van der Waals surface area contributed by atoms with Gasteiger partial charge in [-0.15, -0.1) is 5.10 Å². The Labute approximate surface area is 124 Å². The second kappa shape index (κ2) is 4.90. The summed E-state index contributed by atoms with van der Waals surface area (Å²) in [6.45, 7) is 2.54. The summed E-state index contributed by atoms with van der Waals surface area (Å²) in [4.78, 5) is 14.1. The third kappa shape index (κ3) is 2.18. The van der Waals surface area contributed by atoms with Gasteiger partial charge in [-0.1, -0.05) is 27.2 Å². The molecule has 0 unspecified atom stereocenters.